The van der Waals surface area contributed by atoms with E-state index in [9.17, 15) is 4.79 Å². The van der Waals surface area contributed by atoms with Gasteiger partial charge in [0, 0.05) is 0 Å². The molecule has 1 aromatic carbocycles. The predicted molar refractivity (Wildman–Crippen MR) is 60.6 cm³/mol. The maximum Gasteiger partial charge on any atom is 0.312 e. The van der Waals surface area contributed by atoms with Crippen LogP contribution in [0.25, 0.3) is 0 Å². The van der Waals surface area contributed by atoms with Gasteiger partial charge in [-0.2, -0.15) is 0 Å². The van der Waals surface area contributed by atoms with E-state index < -0.39 is 0 Å². The number of hydrogen-bond donors (Lipinski definition) is 0. The second kappa shape index (κ2) is 6.19. The van der Waals surface area contributed by atoms with E-state index in [4.69, 9.17) is 16.3 Å². The molecule has 0 aromatic heterocycles. The topological polar surface area (TPSA) is 38.7 Å². The molecule has 0 N–H and O–H groups in total. The third-order valence-electron chi connectivity index (χ3n) is 1.60. The van der Waals surface area contributed by atoms with Crippen molar-refractivity contribution in [1.82, 2.24) is 0 Å². The fourth-order valence-electron chi connectivity index (χ4n) is 1.01. The lowest BCUT2D eigenvalue weighted by Crippen LogP contribution is -2.07. The molecule has 15 heavy (non-hydrogen) atoms. The van der Waals surface area contributed by atoms with E-state index in [1.54, 1.807) is 6.92 Å². The fourth-order valence-corrected chi connectivity index (χ4v) is 1.22. The number of rotatable bonds is 4. The number of halogens is 1. The van der Waals surface area contributed by atoms with Crippen LogP contribution in [0, 0.1) is 0 Å². The molecule has 1 rings (SSSR count). The third kappa shape index (κ3) is 4.61. The number of ether oxygens (including phenoxy) is 1. The number of carbonyl (C=O) groups is 1. The Bertz CT molecular complexity index is 349. The Morgan fingerprint density at radius 1 is 1.40 bits per heavy atom. The van der Waals surface area contributed by atoms with Gasteiger partial charge in [-0.3, -0.25) is 4.79 Å². The van der Waals surface area contributed by atoms with E-state index >= 15 is 0 Å². The van der Waals surface area contributed by atoms with Gasteiger partial charge in [0.2, 0.25) is 0 Å². The van der Waals surface area contributed by atoms with Crippen molar-refractivity contribution in [2.75, 3.05) is 6.61 Å². The minimum atomic E-state index is -0.359. The molecular formula is C11H12ClNO2. The van der Waals surface area contributed by atoms with E-state index in [1.165, 1.54) is 0 Å². The molecule has 0 unspecified atom stereocenters. The first kappa shape index (κ1) is 11.7. The van der Waals surface area contributed by atoms with Crippen LogP contribution in [0.5, 0.6) is 0 Å². The number of hydrogen-bond acceptors (Lipinski definition) is 3. The highest BCUT2D eigenvalue weighted by Crippen LogP contribution is 2.12. The molecule has 0 fully saturated rings. The zero-order valence-corrected chi connectivity index (χ0v) is 9.20. The Labute approximate surface area is 93.7 Å². The summed E-state index contributed by atoms with van der Waals surface area (Å²) in [4.78, 5) is 15.1. The quantitative estimate of drug-likeness (QED) is 0.584. The van der Waals surface area contributed by atoms with Gasteiger partial charge in [-0.15, -0.1) is 0 Å². The van der Waals surface area contributed by atoms with Gasteiger partial charge in [0.25, 0.3) is 0 Å². The molecule has 4 heteroatoms. The largest absolute Gasteiger partial charge is 0.466 e. The van der Waals surface area contributed by atoms with Gasteiger partial charge in [-0.05, 0) is 19.1 Å². The van der Waals surface area contributed by atoms with Crippen LogP contribution in [-0.4, -0.2) is 17.7 Å². The van der Waals surface area contributed by atoms with Crippen molar-refractivity contribution >= 4 is 28.4 Å². The van der Waals surface area contributed by atoms with Crippen LogP contribution in [0.15, 0.2) is 35.3 Å². The van der Waals surface area contributed by atoms with Gasteiger partial charge in [0.05, 0.1) is 18.7 Å². The smallest absolute Gasteiger partial charge is 0.312 e. The van der Waals surface area contributed by atoms with E-state index in [1.807, 2.05) is 30.3 Å². The van der Waals surface area contributed by atoms with Gasteiger partial charge in [-0.1, -0.05) is 29.8 Å². The number of esters is 1. The summed E-state index contributed by atoms with van der Waals surface area (Å²) in [7, 11) is 0. The summed E-state index contributed by atoms with van der Waals surface area (Å²) in [5.74, 6) is -0.359. The first-order chi connectivity index (χ1) is 7.22. The van der Waals surface area contributed by atoms with Crippen molar-refractivity contribution in [1.29, 1.82) is 0 Å². The lowest BCUT2D eigenvalue weighted by molar-refractivity contribution is -0.141. The van der Waals surface area contributed by atoms with Crippen molar-refractivity contribution < 1.29 is 9.53 Å². The molecule has 0 heterocycles. The summed E-state index contributed by atoms with van der Waals surface area (Å²) in [5, 5.41) is 0.236. The summed E-state index contributed by atoms with van der Waals surface area (Å²) < 4.78 is 4.75. The summed E-state index contributed by atoms with van der Waals surface area (Å²) in [6, 6.07) is 9.22. The molecule has 0 radical (unpaired) electrons. The fraction of sp³-hybridized carbons (Fsp3) is 0.273. The molecule has 0 aliphatic rings. The molecule has 0 bridgehead atoms. The Morgan fingerprint density at radius 3 is 2.67 bits per heavy atom. The molecule has 1 aromatic rings. The van der Waals surface area contributed by atoms with Crippen LogP contribution in [0.1, 0.15) is 13.3 Å². The van der Waals surface area contributed by atoms with Gasteiger partial charge in [-0.25, -0.2) is 4.99 Å². The van der Waals surface area contributed by atoms with E-state index in [0.717, 1.165) is 5.69 Å². The highest BCUT2D eigenvalue weighted by molar-refractivity contribution is 6.66. The Balaban J connectivity index is 2.57. The number of carbonyl (C=O) groups excluding carboxylic acids is 1. The van der Waals surface area contributed by atoms with Crippen LogP contribution in [0.3, 0.4) is 0 Å². The van der Waals surface area contributed by atoms with Crippen molar-refractivity contribution in [2.24, 2.45) is 4.99 Å². The maximum absolute atomic E-state index is 11.1. The highest BCUT2D eigenvalue weighted by atomic mass is 35.5. The maximum atomic E-state index is 11.1. The SMILES string of the molecule is CCOC(=O)CC(Cl)=Nc1ccccc1. The Hall–Kier alpha value is -1.35. The zero-order chi connectivity index (χ0) is 11.1. The first-order valence-electron chi connectivity index (χ1n) is 4.66. The molecule has 0 saturated heterocycles. The summed E-state index contributed by atoms with van der Waals surface area (Å²) >= 11 is 5.80. The van der Waals surface area contributed by atoms with Crippen molar-refractivity contribution in [3.05, 3.63) is 30.3 Å². The average molecular weight is 226 g/mol. The second-order valence-corrected chi connectivity index (χ2v) is 3.24. The van der Waals surface area contributed by atoms with Gasteiger partial charge in [0.15, 0.2) is 0 Å². The molecule has 0 amide bonds. The van der Waals surface area contributed by atoms with Gasteiger partial charge in [0.1, 0.15) is 5.17 Å². The molecule has 0 spiro atoms. The average Bonchev–Trinajstić information content (AvgIpc) is 2.19. The molecular weight excluding hydrogens is 214 g/mol. The minimum Gasteiger partial charge on any atom is -0.466 e. The van der Waals surface area contributed by atoms with Crippen LogP contribution in [0.2, 0.25) is 0 Å². The monoisotopic (exact) mass is 225 g/mol. The highest BCUT2D eigenvalue weighted by Gasteiger charge is 2.05. The molecule has 0 aliphatic carbocycles. The first-order valence-corrected chi connectivity index (χ1v) is 5.04. The summed E-state index contributed by atoms with van der Waals surface area (Å²) in [5.41, 5.74) is 0.729. The number of nitrogens with zero attached hydrogens (tertiary/aromatic N) is 1. The summed E-state index contributed by atoms with van der Waals surface area (Å²) in [6.45, 7) is 2.11. The predicted octanol–water partition coefficient (Wildman–Crippen LogP) is 2.91. The van der Waals surface area contributed by atoms with Crippen LogP contribution in [0.4, 0.5) is 5.69 Å². The lowest BCUT2D eigenvalue weighted by atomic mass is 10.3. The second-order valence-electron chi connectivity index (χ2n) is 2.81. The van der Waals surface area contributed by atoms with Gasteiger partial charge >= 0.3 is 5.97 Å². The van der Waals surface area contributed by atoms with Crippen molar-refractivity contribution in [2.45, 2.75) is 13.3 Å². The minimum absolute atomic E-state index is 0.0181. The number of aliphatic imine (C=N–C) groups is 1. The van der Waals surface area contributed by atoms with E-state index in [-0.39, 0.29) is 17.6 Å². The Morgan fingerprint density at radius 2 is 2.07 bits per heavy atom. The molecule has 0 aliphatic heterocycles. The Kier molecular flexibility index (Phi) is 4.84. The van der Waals surface area contributed by atoms with Gasteiger partial charge < -0.3 is 4.74 Å². The zero-order valence-electron chi connectivity index (χ0n) is 8.44. The molecule has 3 nitrogen and oxygen atoms in total. The molecule has 0 saturated carbocycles. The standard InChI is InChI=1S/C11H12ClNO2/c1-2-15-11(14)8-10(12)13-9-6-4-3-5-7-9/h3-7H,2,8H2,1H3. The third-order valence-corrected chi connectivity index (χ3v) is 1.82. The van der Waals surface area contributed by atoms with E-state index in [2.05, 4.69) is 4.99 Å². The molecule has 80 valence electrons. The number of para-hydroxylation sites is 1. The van der Waals surface area contributed by atoms with Crippen LogP contribution >= 0.6 is 11.6 Å². The van der Waals surface area contributed by atoms with Crippen LogP contribution < -0.4 is 0 Å². The van der Waals surface area contributed by atoms with Crippen molar-refractivity contribution in [3.63, 3.8) is 0 Å². The normalized spacial score (nSPS) is 11.2. The van der Waals surface area contributed by atoms with Crippen molar-refractivity contribution in [3.8, 4) is 0 Å². The number of benzene rings is 1. The molecule has 0 atom stereocenters. The lowest BCUT2D eigenvalue weighted by Gasteiger charge is -1.99. The van der Waals surface area contributed by atoms with Crippen LogP contribution in [-0.2, 0) is 9.53 Å². The summed E-state index contributed by atoms with van der Waals surface area (Å²) in [6.07, 6.45) is 0.0181. The van der Waals surface area contributed by atoms with E-state index in [0.29, 0.717) is 6.61 Å².